The number of hydrogen-bond donors (Lipinski definition) is 2. The number of carbonyl (C=O) groups excluding carboxylic acids is 1. The summed E-state index contributed by atoms with van der Waals surface area (Å²) in [7, 11) is 3.37. The molecule has 1 amide bonds. The van der Waals surface area contributed by atoms with Crippen molar-refractivity contribution in [2.45, 2.75) is 71.6 Å². The van der Waals surface area contributed by atoms with Gasteiger partial charge in [0.1, 0.15) is 11.7 Å². The molecule has 0 aliphatic rings. The molecule has 0 fully saturated rings. The maximum absolute atomic E-state index is 14.0. The molecule has 0 saturated heterocycles. The molecule has 3 aromatic rings. The van der Waals surface area contributed by atoms with Gasteiger partial charge >= 0.3 is 12.1 Å². The second-order valence-electron chi connectivity index (χ2n) is 12.1. The zero-order valence-corrected chi connectivity index (χ0v) is 26.6. The van der Waals surface area contributed by atoms with Crippen LogP contribution in [0.1, 0.15) is 78.8 Å². The third-order valence-corrected chi connectivity index (χ3v) is 7.54. The molecule has 2 atom stereocenters. The van der Waals surface area contributed by atoms with Crippen LogP contribution in [0.25, 0.3) is 11.1 Å². The highest BCUT2D eigenvalue weighted by atomic mass is 19.4. The summed E-state index contributed by atoms with van der Waals surface area (Å²) in [6.45, 7) is 7.33. The molecule has 46 heavy (non-hydrogen) atoms. The minimum atomic E-state index is -4.81. The van der Waals surface area contributed by atoms with Gasteiger partial charge in [-0.3, -0.25) is 14.4 Å². The van der Waals surface area contributed by atoms with Crippen molar-refractivity contribution in [3.63, 3.8) is 0 Å². The van der Waals surface area contributed by atoms with Crippen molar-refractivity contribution in [3.8, 4) is 11.1 Å². The molecule has 0 saturated carbocycles. The highest BCUT2D eigenvalue weighted by Crippen LogP contribution is 2.34. The number of amides is 1. The lowest BCUT2D eigenvalue weighted by Crippen LogP contribution is -2.41. The van der Waals surface area contributed by atoms with Crippen LogP contribution in [0.15, 0.2) is 47.4 Å². The summed E-state index contributed by atoms with van der Waals surface area (Å²) in [5, 5.41) is 12.3. The molecule has 0 unspecified atom stereocenters. The Morgan fingerprint density at radius 2 is 1.65 bits per heavy atom. The van der Waals surface area contributed by atoms with E-state index in [1.807, 2.05) is 6.07 Å². The number of likely N-dealkylation sites (N-methyl/N-ethyl adjacent to an activating group) is 1. The minimum absolute atomic E-state index is 0.0160. The number of aliphatic carboxylic acids is 1. The number of aryl methyl sites for hydroxylation is 2. The average Bonchev–Trinajstić information content (AvgIpc) is 2.93. The molecule has 1 aromatic carbocycles. The second kappa shape index (κ2) is 15.0. The predicted octanol–water partition coefficient (Wildman–Crippen LogP) is 6.51. The average molecular weight is 651 g/mol. The molecule has 0 bridgehead atoms. The van der Waals surface area contributed by atoms with Crippen LogP contribution in [0.2, 0.25) is 0 Å². The van der Waals surface area contributed by atoms with Gasteiger partial charge in [0.15, 0.2) is 0 Å². The molecular weight excluding hydrogens is 611 g/mol. The number of pyridine rings is 2. The Balaban J connectivity index is 2.15. The summed E-state index contributed by atoms with van der Waals surface area (Å²) in [5.41, 5.74) is -0.559. The third-order valence-electron chi connectivity index (χ3n) is 7.54. The van der Waals surface area contributed by atoms with Crippen LogP contribution in [0.4, 0.5) is 22.0 Å². The van der Waals surface area contributed by atoms with Gasteiger partial charge in [-0.15, -0.1) is 0 Å². The van der Waals surface area contributed by atoms with Gasteiger partial charge in [0.25, 0.3) is 12.0 Å². The van der Waals surface area contributed by atoms with Gasteiger partial charge < -0.3 is 19.9 Å². The molecule has 0 aliphatic carbocycles. The largest absolute Gasteiger partial charge is 0.481 e. The van der Waals surface area contributed by atoms with Crippen LogP contribution in [-0.2, 0) is 22.2 Å². The number of carboxylic acid groups (broad SMARTS) is 1. The molecule has 2 aromatic heterocycles. The molecular formula is C33H39F5N4O4. The molecule has 2 N–H and O–H groups in total. The Kier molecular flexibility index (Phi) is 11.8. The van der Waals surface area contributed by atoms with Crippen molar-refractivity contribution in [1.29, 1.82) is 0 Å². The monoisotopic (exact) mass is 650 g/mol. The summed E-state index contributed by atoms with van der Waals surface area (Å²) in [6, 6.07) is 5.78. The minimum Gasteiger partial charge on any atom is -0.481 e. The third kappa shape index (κ3) is 9.21. The fourth-order valence-electron chi connectivity index (χ4n) is 5.39. The molecule has 8 nitrogen and oxygen atoms in total. The summed E-state index contributed by atoms with van der Waals surface area (Å²) in [5.74, 6) is -2.44. The van der Waals surface area contributed by atoms with Crippen molar-refractivity contribution in [2.24, 2.45) is 5.92 Å². The van der Waals surface area contributed by atoms with E-state index < -0.39 is 59.8 Å². The number of carbonyl (C=O) groups is 2. The molecule has 0 aliphatic heterocycles. The number of halogens is 5. The van der Waals surface area contributed by atoms with Crippen LogP contribution in [-0.4, -0.2) is 52.1 Å². The maximum Gasteiger partial charge on any atom is 0.416 e. The Labute approximate surface area is 264 Å². The number of hydrogen-bond acceptors (Lipinski definition) is 5. The Hall–Kier alpha value is -4.13. The van der Waals surface area contributed by atoms with Gasteiger partial charge in [-0.05, 0) is 86.7 Å². The molecule has 0 radical (unpaired) electrons. The van der Waals surface area contributed by atoms with E-state index in [-0.39, 0.29) is 36.6 Å². The van der Waals surface area contributed by atoms with Gasteiger partial charge in [0.05, 0.1) is 23.7 Å². The summed E-state index contributed by atoms with van der Waals surface area (Å²) in [4.78, 5) is 44.6. The van der Waals surface area contributed by atoms with Gasteiger partial charge in [0.2, 0.25) is 5.91 Å². The number of carboxylic acids is 1. The van der Waals surface area contributed by atoms with Crippen LogP contribution in [0.5, 0.6) is 0 Å². The van der Waals surface area contributed by atoms with E-state index in [0.717, 1.165) is 21.9 Å². The van der Waals surface area contributed by atoms with Crippen LogP contribution in [0, 0.1) is 19.8 Å². The van der Waals surface area contributed by atoms with Gasteiger partial charge in [-0.1, -0.05) is 32.0 Å². The second-order valence-corrected chi connectivity index (χ2v) is 12.1. The first kappa shape index (κ1) is 36.3. The van der Waals surface area contributed by atoms with Crippen molar-refractivity contribution in [3.05, 3.63) is 86.6 Å². The molecule has 0 spiro atoms. The standard InChI is InChI=1S/C33H39F5N4O4/c1-18(2)12-27(42-17-21(10-11-41(5)6)23(15-28(42)43)33(36,37)38)32(46)40-25(16-29(44)45)24-13-22(14-26(39-24)31(34)35)30-19(3)8-7-9-20(30)4/h7-9,13-15,17-18,25,27,31H,10-12,16H2,1-6H3,(H,40,46)(H,44,45)/t25-,27-/m0/s1. The van der Waals surface area contributed by atoms with Crippen molar-refractivity contribution < 1.29 is 36.6 Å². The van der Waals surface area contributed by atoms with E-state index in [9.17, 15) is 41.4 Å². The lowest BCUT2D eigenvalue weighted by Gasteiger charge is -2.26. The van der Waals surface area contributed by atoms with Crippen molar-refractivity contribution in [2.75, 3.05) is 20.6 Å². The van der Waals surface area contributed by atoms with Gasteiger partial charge in [-0.2, -0.15) is 13.2 Å². The predicted molar refractivity (Wildman–Crippen MR) is 164 cm³/mol. The van der Waals surface area contributed by atoms with E-state index in [4.69, 9.17) is 0 Å². The Morgan fingerprint density at radius 3 is 2.17 bits per heavy atom. The normalized spacial score (nSPS) is 13.3. The lowest BCUT2D eigenvalue weighted by atomic mass is 9.94. The summed E-state index contributed by atoms with van der Waals surface area (Å²) < 4.78 is 70.6. The molecule has 13 heteroatoms. The van der Waals surface area contributed by atoms with Crippen molar-refractivity contribution in [1.82, 2.24) is 19.8 Å². The molecule has 250 valence electrons. The molecule has 3 rings (SSSR count). The first-order valence-electron chi connectivity index (χ1n) is 14.7. The summed E-state index contributed by atoms with van der Waals surface area (Å²) in [6.07, 6.45) is -7.57. The number of rotatable bonds is 13. The zero-order chi connectivity index (χ0) is 34.5. The number of nitrogens with zero attached hydrogens (tertiary/aromatic N) is 3. The van der Waals surface area contributed by atoms with E-state index in [1.54, 1.807) is 58.8 Å². The SMILES string of the molecule is Cc1cccc(C)c1-c1cc(C(F)F)nc([C@H](CC(=O)O)NC(=O)[C@H](CC(C)C)n2cc(CCN(C)C)c(C(F)(F)F)cc2=O)c1. The van der Waals surface area contributed by atoms with Crippen LogP contribution >= 0.6 is 0 Å². The summed E-state index contributed by atoms with van der Waals surface area (Å²) >= 11 is 0. The number of nitrogens with one attached hydrogen (secondary N) is 1. The Morgan fingerprint density at radius 1 is 1.04 bits per heavy atom. The topological polar surface area (TPSA) is 105 Å². The highest BCUT2D eigenvalue weighted by Gasteiger charge is 2.36. The van der Waals surface area contributed by atoms with E-state index >= 15 is 0 Å². The fourth-order valence-corrected chi connectivity index (χ4v) is 5.39. The first-order chi connectivity index (χ1) is 21.4. The van der Waals surface area contributed by atoms with Crippen LogP contribution in [0.3, 0.4) is 0 Å². The maximum atomic E-state index is 14.0. The first-order valence-corrected chi connectivity index (χ1v) is 14.7. The number of benzene rings is 1. The number of alkyl halides is 5. The number of aromatic nitrogens is 2. The lowest BCUT2D eigenvalue weighted by molar-refractivity contribution is -0.139. The van der Waals surface area contributed by atoms with Crippen molar-refractivity contribution >= 4 is 11.9 Å². The quantitative estimate of drug-likeness (QED) is 0.205. The van der Waals surface area contributed by atoms with E-state index in [1.165, 1.54) is 12.1 Å². The van der Waals surface area contributed by atoms with E-state index in [0.29, 0.717) is 17.2 Å². The van der Waals surface area contributed by atoms with Gasteiger partial charge in [-0.25, -0.2) is 13.8 Å². The smallest absolute Gasteiger partial charge is 0.416 e. The zero-order valence-electron chi connectivity index (χ0n) is 26.6. The fraction of sp³-hybridized carbons (Fsp3) is 0.455. The molecule has 2 heterocycles. The van der Waals surface area contributed by atoms with Crippen LogP contribution < -0.4 is 10.9 Å². The Bertz CT molecular complexity index is 1600. The highest BCUT2D eigenvalue weighted by molar-refractivity contribution is 5.82. The van der Waals surface area contributed by atoms with Gasteiger partial charge in [0, 0.05) is 18.8 Å². The van der Waals surface area contributed by atoms with E-state index in [2.05, 4.69) is 10.3 Å².